The minimum atomic E-state index is -2.02. The van der Waals surface area contributed by atoms with E-state index in [4.69, 9.17) is 4.74 Å². The van der Waals surface area contributed by atoms with Crippen molar-refractivity contribution in [3.63, 3.8) is 0 Å². The lowest BCUT2D eigenvalue weighted by Gasteiger charge is -2.40. The number of hydrogen-bond acceptors (Lipinski definition) is 6. The zero-order valence-electron chi connectivity index (χ0n) is 20.1. The molecule has 180 valence electrons. The van der Waals surface area contributed by atoms with Gasteiger partial charge in [0.1, 0.15) is 11.8 Å². The van der Waals surface area contributed by atoms with Gasteiger partial charge in [-0.2, -0.15) is 10.4 Å². The first-order valence-electron chi connectivity index (χ1n) is 11.6. The van der Waals surface area contributed by atoms with Gasteiger partial charge in [-0.1, -0.05) is 42.5 Å². The lowest BCUT2D eigenvalue weighted by molar-refractivity contribution is -0.158. The van der Waals surface area contributed by atoms with Gasteiger partial charge < -0.3 is 19.8 Å². The first-order chi connectivity index (χ1) is 16.7. The van der Waals surface area contributed by atoms with Crippen LogP contribution in [0.1, 0.15) is 48.2 Å². The minimum Gasteiger partial charge on any atom is -0.475 e. The van der Waals surface area contributed by atoms with Crippen molar-refractivity contribution in [1.82, 2.24) is 14.7 Å². The molecule has 35 heavy (non-hydrogen) atoms. The van der Waals surface area contributed by atoms with E-state index < -0.39 is 29.1 Å². The van der Waals surface area contributed by atoms with Gasteiger partial charge in [-0.25, -0.2) is 0 Å². The molecule has 5 atom stereocenters. The van der Waals surface area contributed by atoms with Crippen LogP contribution in [-0.4, -0.2) is 51.0 Å². The molecule has 0 radical (unpaired) electrons. The Bertz CT molecular complexity index is 1310. The molecule has 8 nitrogen and oxygen atoms in total. The van der Waals surface area contributed by atoms with Crippen LogP contribution in [0.25, 0.3) is 0 Å². The molecule has 1 aliphatic heterocycles. The molecule has 1 aromatic heterocycles. The molecular formula is C27H28N4O4. The van der Waals surface area contributed by atoms with Crippen LogP contribution in [0, 0.1) is 17.2 Å². The Balaban J connectivity index is 1.83. The Labute approximate surface area is 204 Å². The number of nitrogens with zero attached hydrogens (tertiary/aromatic N) is 4. The number of aromatic nitrogens is 2. The minimum absolute atomic E-state index is 0.000202. The number of fused-ring (bicyclic) bond motifs is 3. The van der Waals surface area contributed by atoms with E-state index in [1.165, 1.54) is 4.90 Å². The van der Waals surface area contributed by atoms with Crippen molar-refractivity contribution in [1.29, 1.82) is 5.26 Å². The summed E-state index contributed by atoms with van der Waals surface area (Å²) in [6.07, 6.45) is 0.217. The third kappa shape index (κ3) is 2.98. The predicted molar refractivity (Wildman–Crippen MR) is 127 cm³/mol. The standard InChI is InChI=1S/C27H28N4O4/c1-16(2)31-15-20-23(29-31)26(34)24(32)21(25(33)30(3)4)22(18-8-6-5-7-9-18)27(26,35-20)19-12-10-17(14-28)11-13-19/h5-13,15-16,21-22,24,32,34H,1-4H3. The van der Waals surface area contributed by atoms with Gasteiger partial charge in [-0.05, 0) is 37.1 Å². The molecule has 5 rings (SSSR count). The van der Waals surface area contributed by atoms with Crippen molar-refractivity contribution in [3.05, 3.63) is 83.2 Å². The van der Waals surface area contributed by atoms with Gasteiger partial charge in [-0.15, -0.1) is 0 Å². The summed E-state index contributed by atoms with van der Waals surface area (Å²) in [7, 11) is 3.26. The van der Waals surface area contributed by atoms with E-state index in [1.54, 1.807) is 49.2 Å². The maximum absolute atomic E-state index is 13.5. The molecule has 3 aromatic rings. The molecule has 2 aliphatic rings. The van der Waals surface area contributed by atoms with E-state index in [1.807, 2.05) is 44.2 Å². The number of benzene rings is 2. The van der Waals surface area contributed by atoms with Crippen LogP contribution in [-0.2, 0) is 16.0 Å². The summed E-state index contributed by atoms with van der Waals surface area (Å²) < 4.78 is 8.34. The Morgan fingerprint density at radius 1 is 1.17 bits per heavy atom. The summed E-state index contributed by atoms with van der Waals surface area (Å²) in [5.74, 6) is -1.71. The van der Waals surface area contributed by atoms with Crippen molar-refractivity contribution in [2.45, 2.75) is 43.1 Å². The number of carbonyl (C=O) groups excluding carboxylic acids is 1. The predicted octanol–water partition coefficient (Wildman–Crippen LogP) is 2.67. The monoisotopic (exact) mass is 472 g/mol. The molecule has 0 saturated heterocycles. The van der Waals surface area contributed by atoms with Crippen LogP contribution in [0.3, 0.4) is 0 Å². The van der Waals surface area contributed by atoms with Crippen molar-refractivity contribution >= 4 is 5.91 Å². The molecule has 0 spiro atoms. The van der Waals surface area contributed by atoms with Gasteiger partial charge in [-0.3, -0.25) is 9.48 Å². The number of rotatable bonds is 4. The Morgan fingerprint density at radius 3 is 2.40 bits per heavy atom. The van der Waals surface area contributed by atoms with Crippen molar-refractivity contribution in [2.75, 3.05) is 14.1 Å². The molecule has 1 fully saturated rings. The summed E-state index contributed by atoms with van der Waals surface area (Å²) in [5.41, 5.74) is -1.62. The quantitative estimate of drug-likeness (QED) is 0.604. The zero-order chi connectivity index (χ0) is 25.1. The Kier molecular flexibility index (Phi) is 5.24. The van der Waals surface area contributed by atoms with Gasteiger partial charge in [0.25, 0.3) is 0 Å². The highest BCUT2D eigenvalue weighted by Crippen LogP contribution is 2.68. The number of aliphatic hydroxyl groups is 2. The van der Waals surface area contributed by atoms with E-state index in [0.717, 1.165) is 5.56 Å². The van der Waals surface area contributed by atoms with E-state index in [9.17, 15) is 20.3 Å². The third-order valence-corrected chi connectivity index (χ3v) is 7.32. The smallest absolute Gasteiger partial charge is 0.228 e. The van der Waals surface area contributed by atoms with Crippen LogP contribution in [0.15, 0.2) is 60.8 Å². The SMILES string of the molecule is CC(C)n1cc2c(n1)C1(O)C(O)C(C(=O)N(C)C)C(c3ccccc3)C1(c1ccc(C#N)cc1)O2. The molecule has 5 unspecified atom stereocenters. The number of ether oxygens (including phenoxy) is 1. The average Bonchev–Trinajstić information content (AvgIpc) is 3.44. The maximum atomic E-state index is 13.5. The zero-order valence-corrected chi connectivity index (χ0v) is 20.1. The second-order valence-corrected chi connectivity index (χ2v) is 9.80. The maximum Gasteiger partial charge on any atom is 0.228 e. The highest BCUT2D eigenvalue weighted by atomic mass is 16.5. The summed E-state index contributed by atoms with van der Waals surface area (Å²) in [5, 5.41) is 38.3. The topological polar surface area (TPSA) is 112 Å². The summed E-state index contributed by atoms with van der Waals surface area (Å²) >= 11 is 0. The molecule has 1 saturated carbocycles. The normalized spacial score (nSPS) is 28.8. The van der Waals surface area contributed by atoms with Crippen molar-refractivity contribution in [3.8, 4) is 11.8 Å². The van der Waals surface area contributed by atoms with Gasteiger partial charge in [0, 0.05) is 26.1 Å². The molecule has 2 N–H and O–H groups in total. The molecule has 0 bridgehead atoms. The number of carbonyl (C=O) groups is 1. The van der Waals surface area contributed by atoms with Crippen LogP contribution in [0.5, 0.6) is 5.75 Å². The number of aliphatic hydroxyl groups excluding tert-OH is 1. The lowest BCUT2D eigenvalue weighted by Crippen LogP contribution is -2.52. The van der Waals surface area contributed by atoms with Crippen molar-refractivity contribution in [2.24, 2.45) is 5.92 Å². The summed E-state index contributed by atoms with van der Waals surface area (Å²) in [4.78, 5) is 15.0. The van der Waals surface area contributed by atoms with Crippen LogP contribution < -0.4 is 4.74 Å². The van der Waals surface area contributed by atoms with Gasteiger partial charge in [0.2, 0.25) is 5.91 Å². The Morgan fingerprint density at radius 2 is 1.83 bits per heavy atom. The van der Waals surface area contributed by atoms with E-state index in [0.29, 0.717) is 16.9 Å². The van der Waals surface area contributed by atoms with E-state index in [-0.39, 0.29) is 17.6 Å². The molecule has 8 heteroatoms. The fourth-order valence-electron chi connectivity index (χ4n) is 5.69. The number of hydrogen-bond donors (Lipinski definition) is 2. The van der Waals surface area contributed by atoms with E-state index >= 15 is 0 Å². The van der Waals surface area contributed by atoms with Crippen LogP contribution >= 0.6 is 0 Å². The largest absolute Gasteiger partial charge is 0.475 e. The molecule has 1 amide bonds. The highest BCUT2D eigenvalue weighted by molar-refractivity contribution is 5.82. The number of nitriles is 1. The summed E-state index contributed by atoms with van der Waals surface area (Å²) in [6.45, 7) is 3.91. The first-order valence-corrected chi connectivity index (χ1v) is 11.6. The molecule has 2 aromatic carbocycles. The number of amides is 1. The van der Waals surface area contributed by atoms with Gasteiger partial charge >= 0.3 is 0 Å². The van der Waals surface area contributed by atoms with Gasteiger partial charge in [0.05, 0.1) is 23.7 Å². The van der Waals surface area contributed by atoms with Gasteiger partial charge in [0.15, 0.2) is 17.0 Å². The highest BCUT2D eigenvalue weighted by Gasteiger charge is 2.78. The molecule has 2 heterocycles. The first kappa shape index (κ1) is 23.1. The van der Waals surface area contributed by atoms with Crippen LogP contribution in [0.4, 0.5) is 0 Å². The molecular weight excluding hydrogens is 444 g/mol. The van der Waals surface area contributed by atoms with Crippen molar-refractivity contribution < 1.29 is 19.7 Å². The average molecular weight is 473 g/mol. The second-order valence-electron chi connectivity index (χ2n) is 9.80. The third-order valence-electron chi connectivity index (χ3n) is 7.32. The van der Waals surface area contributed by atoms with E-state index in [2.05, 4.69) is 11.2 Å². The fraction of sp³-hybridized carbons (Fsp3) is 0.370. The lowest BCUT2D eigenvalue weighted by atomic mass is 9.71. The fourth-order valence-corrected chi connectivity index (χ4v) is 5.69. The van der Waals surface area contributed by atoms with Crippen LogP contribution in [0.2, 0.25) is 0 Å². The molecule has 1 aliphatic carbocycles. The summed E-state index contributed by atoms with van der Waals surface area (Å²) in [6, 6.07) is 18.2. The second kappa shape index (κ2) is 7.94. The Hall–Kier alpha value is -3.67.